The number of aliphatic carboxylic acids is 1. The zero-order valence-electron chi connectivity index (χ0n) is 8.44. The summed E-state index contributed by atoms with van der Waals surface area (Å²) in [6, 6.07) is 7.00. The van der Waals surface area contributed by atoms with Crippen LogP contribution in [0.1, 0.15) is 19.8 Å². The van der Waals surface area contributed by atoms with Gasteiger partial charge in [0, 0.05) is 11.4 Å². The van der Waals surface area contributed by atoms with Crippen LogP contribution in [0.3, 0.4) is 0 Å². The first-order valence-electron chi connectivity index (χ1n) is 4.72. The molecule has 0 saturated carbocycles. The van der Waals surface area contributed by atoms with Crippen LogP contribution in [0.25, 0.3) is 0 Å². The van der Waals surface area contributed by atoms with Gasteiger partial charge in [-0.05, 0) is 37.6 Å². The number of benzene rings is 1. The third kappa shape index (κ3) is 4.70. The van der Waals surface area contributed by atoms with E-state index >= 15 is 0 Å². The minimum Gasteiger partial charge on any atom is -0.491 e. The van der Waals surface area contributed by atoms with Crippen molar-refractivity contribution in [3.05, 3.63) is 29.3 Å². The first kappa shape index (κ1) is 11.9. The summed E-state index contributed by atoms with van der Waals surface area (Å²) in [5.74, 6) is -0.0983. The summed E-state index contributed by atoms with van der Waals surface area (Å²) in [5, 5.41) is 9.15. The maximum Gasteiger partial charge on any atom is 0.303 e. The number of hydrogen-bond acceptors (Lipinski definition) is 2. The second kappa shape index (κ2) is 5.61. The summed E-state index contributed by atoms with van der Waals surface area (Å²) >= 11 is 5.72. The molecule has 1 atom stereocenters. The van der Waals surface area contributed by atoms with Crippen molar-refractivity contribution < 1.29 is 14.6 Å². The molecule has 3 nitrogen and oxygen atoms in total. The fraction of sp³-hybridized carbons (Fsp3) is 0.364. The number of ether oxygens (including phenoxy) is 1. The highest BCUT2D eigenvalue weighted by atomic mass is 35.5. The third-order valence-electron chi connectivity index (χ3n) is 1.92. The highest BCUT2D eigenvalue weighted by Crippen LogP contribution is 2.17. The Labute approximate surface area is 93.6 Å². The van der Waals surface area contributed by atoms with Gasteiger partial charge in [-0.25, -0.2) is 0 Å². The molecule has 0 aliphatic rings. The molecule has 4 heteroatoms. The van der Waals surface area contributed by atoms with Crippen molar-refractivity contribution in [2.75, 3.05) is 0 Å². The fourth-order valence-electron chi connectivity index (χ4n) is 1.13. The van der Waals surface area contributed by atoms with Crippen LogP contribution in [-0.4, -0.2) is 17.2 Å². The van der Waals surface area contributed by atoms with Crippen LogP contribution in [0.15, 0.2) is 24.3 Å². The number of rotatable bonds is 5. The molecule has 15 heavy (non-hydrogen) atoms. The molecule has 1 unspecified atom stereocenters. The topological polar surface area (TPSA) is 46.5 Å². The molecule has 0 saturated heterocycles. The molecule has 0 aliphatic heterocycles. The van der Waals surface area contributed by atoms with Crippen LogP contribution in [-0.2, 0) is 4.79 Å². The Morgan fingerprint density at radius 1 is 1.47 bits per heavy atom. The van der Waals surface area contributed by atoms with E-state index in [0.717, 1.165) is 0 Å². The van der Waals surface area contributed by atoms with E-state index < -0.39 is 5.97 Å². The van der Waals surface area contributed by atoms with E-state index in [4.69, 9.17) is 21.4 Å². The first-order chi connectivity index (χ1) is 7.08. The zero-order valence-corrected chi connectivity index (χ0v) is 9.20. The van der Waals surface area contributed by atoms with Crippen LogP contribution >= 0.6 is 11.6 Å². The van der Waals surface area contributed by atoms with E-state index in [2.05, 4.69) is 0 Å². The van der Waals surface area contributed by atoms with Gasteiger partial charge in [-0.1, -0.05) is 11.6 Å². The summed E-state index contributed by atoms with van der Waals surface area (Å²) in [6.07, 6.45) is 0.509. The lowest BCUT2D eigenvalue weighted by molar-refractivity contribution is -0.137. The molecule has 0 radical (unpaired) electrons. The number of hydrogen-bond donors (Lipinski definition) is 1. The standard InChI is InChI=1S/C11H13ClO3/c1-8(2-7-11(13)14)15-10-5-3-9(12)4-6-10/h3-6,8H,2,7H2,1H3,(H,13,14). The molecule has 0 bridgehead atoms. The molecular weight excluding hydrogens is 216 g/mol. The number of carbonyl (C=O) groups is 1. The Kier molecular flexibility index (Phi) is 4.43. The Bertz CT molecular complexity index is 321. The lowest BCUT2D eigenvalue weighted by Gasteiger charge is -2.13. The van der Waals surface area contributed by atoms with Crippen molar-refractivity contribution in [3.8, 4) is 5.75 Å². The minimum absolute atomic E-state index is 0.109. The van der Waals surface area contributed by atoms with Crippen LogP contribution < -0.4 is 4.74 Å². The molecule has 0 fully saturated rings. The lowest BCUT2D eigenvalue weighted by Crippen LogP contribution is -2.13. The van der Waals surface area contributed by atoms with E-state index in [1.807, 2.05) is 6.92 Å². The molecule has 1 aromatic carbocycles. The molecule has 1 N–H and O–H groups in total. The van der Waals surface area contributed by atoms with Crippen molar-refractivity contribution in [1.82, 2.24) is 0 Å². The average molecular weight is 229 g/mol. The van der Waals surface area contributed by atoms with Crippen LogP contribution in [0.5, 0.6) is 5.75 Å². The SMILES string of the molecule is CC(CCC(=O)O)Oc1ccc(Cl)cc1. The highest BCUT2D eigenvalue weighted by Gasteiger charge is 2.06. The van der Waals surface area contributed by atoms with Crippen LogP contribution in [0, 0.1) is 0 Å². The van der Waals surface area contributed by atoms with E-state index in [-0.39, 0.29) is 12.5 Å². The molecule has 1 rings (SSSR count). The van der Waals surface area contributed by atoms with Gasteiger partial charge in [-0.2, -0.15) is 0 Å². The zero-order chi connectivity index (χ0) is 11.3. The van der Waals surface area contributed by atoms with E-state index in [0.29, 0.717) is 17.2 Å². The first-order valence-corrected chi connectivity index (χ1v) is 5.10. The predicted molar refractivity (Wildman–Crippen MR) is 58.4 cm³/mol. The highest BCUT2D eigenvalue weighted by molar-refractivity contribution is 6.30. The predicted octanol–water partition coefficient (Wildman–Crippen LogP) is 2.97. The van der Waals surface area contributed by atoms with Crippen molar-refractivity contribution in [3.63, 3.8) is 0 Å². The van der Waals surface area contributed by atoms with Gasteiger partial charge < -0.3 is 9.84 Å². The minimum atomic E-state index is -0.804. The van der Waals surface area contributed by atoms with Gasteiger partial charge in [-0.15, -0.1) is 0 Å². The second-order valence-electron chi connectivity index (χ2n) is 3.31. The van der Waals surface area contributed by atoms with E-state index in [1.165, 1.54) is 0 Å². The number of carboxylic acid groups (broad SMARTS) is 1. The molecule has 1 aromatic rings. The lowest BCUT2D eigenvalue weighted by atomic mass is 10.2. The molecule has 0 aliphatic carbocycles. The molecule has 0 heterocycles. The Hall–Kier alpha value is -1.22. The van der Waals surface area contributed by atoms with Gasteiger partial charge in [0.25, 0.3) is 0 Å². The maximum atomic E-state index is 10.3. The normalized spacial score (nSPS) is 12.1. The van der Waals surface area contributed by atoms with Crippen molar-refractivity contribution in [2.45, 2.75) is 25.9 Å². The van der Waals surface area contributed by atoms with Crippen molar-refractivity contribution in [1.29, 1.82) is 0 Å². The molecule has 0 amide bonds. The Morgan fingerprint density at radius 2 is 2.07 bits per heavy atom. The summed E-state index contributed by atoms with van der Waals surface area (Å²) in [6.45, 7) is 1.84. The van der Waals surface area contributed by atoms with Gasteiger partial charge in [0.2, 0.25) is 0 Å². The second-order valence-corrected chi connectivity index (χ2v) is 3.75. The van der Waals surface area contributed by atoms with Gasteiger partial charge in [0.15, 0.2) is 0 Å². The van der Waals surface area contributed by atoms with E-state index in [1.54, 1.807) is 24.3 Å². The Morgan fingerprint density at radius 3 is 2.60 bits per heavy atom. The van der Waals surface area contributed by atoms with E-state index in [9.17, 15) is 4.79 Å². The number of halogens is 1. The largest absolute Gasteiger partial charge is 0.491 e. The van der Waals surface area contributed by atoms with Gasteiger partial charge >= 0.3 is 5.97 Å². The molecular formula is C11H13ClO3. The van der Waals surface area contributed by atoms with Crippen molar-refractivity contribution in [2.24, 2.45) is 0 Å². The summed E-state index contributed by atoms with van der Waals surface area (Å²) in [7, 11) is 0. The van der Waals surface area contributed by atoms with Gasteiger partial charge in [0.05, 0.1) is 6.10 Å². The Balaban J connectivity index is 2.40. The monoisotopic (exact) mass is 228 g/mol. The number of carboxylic acids is 1. The molecule has 82 valence electrons. The smallest absolute Gasteiger partial charge is 0.303 e. The summed E-state index contributed by atoms with van der Waals surface area (Å²) in [5.41, 5.74) is 0. The fourth-order valence-corrected chi connectivity index (χ4v) is 1.26. The molecule has 0 spiro atoms. The quantitative estimate of drug-likeness (QED) is 0.843. The molecule has 0 aromatic heterocycles. The maximum absolute atomic E-state index is 10.3. The van der Waals surface area contributed by atoms with Gasteiger partial charge in [-0.3, -0.25) is 4.79 Å². The van der Waals surface area contributed by atoms with Crippen LogP contribution in [0.2, 0.25) is 5.02 Å². The average Bonchev–Trinajstić information content (AvgIpc) is 2.19. The van der Waals surface area contributed by atoms with Gasteiger partial charge in [0.1, 0.15) is 5.75 Å². The van der Waals surface area contributed by atoms with Crippen molar-refractivity contribution >= 4 is 17.6 Å². The summed E-state index contributed by atoms with van der Waals surface area (Å²) in [4.78, 5) is 10.3. The third-order valence-corrected chi connectivity index (χ3v) is 2.17. The summed E-state index contributed by atoms with van der Waals surface area (Å²) < 4.78 is 5.50. The van der Waals surface area contributed by atoms with Crippen LogP contribution in [0.4, 0.5) is 0 Å².